The number of nitrogens with two attached hydrogens (primary N) is 1. The lowest BCUT2D eigenvalue weighted by molar-refractivity contribution is -0.667. The van der Waals surface area contributed by atoms with Crippen LogP contribution in [0, 0.1) is 0 Å². The molecule has 1 aromatic carbocycles. The van der Waals surface area contributed by atoms with E-state index >= 15 is 0 Å². The zero-order valence-corrected chi connectivity index (χ0v) is 11.6. The number of aryl methyl sites for hydroxylation is 1. The van der Waals surface area contributed by atoms with Crippen LogP contribution in [0.2, 0.25) is 10.2 Å². The maximum Gasteiger partial charge on any atom is 0.294 e. The van der Waals surface area contributed by atoms with Gasteiger partial charge in [0.2, 0.25) is 0 Å². The number of halogens is 3. The Morgan fingerprint density at radius 3 is 2.60 bits per heavy atom. The third kappa shape index (κ3) is 2.29. The van der Waals surface area contributed by atoms with E-state index in [2.05, 4.69) is 0 Å². The molecular weight excluding hydrogens is 346 g/mol. The van der Waals surface area contributed by atoms with Gasteiger partial charge in [-0.1, -0.05) is 17.7 Å². The van der Waals surface area contributed by atoms with Gasteiger partial charge < -0.3 is 29.7 Å². The second kappa shape index (κ2) is 4.72. The molecule has 0 saturated heterocycles. The number of benzene rings is 1. The second-order valence-corrected chi connectivity index (χ2v) is 3.93. The normalized spacial score (nSPS) is 10.1. The summed E-state index contributed by atoms with van der Waals surface area (Å²) in [5.41, 5.74) is 6.40. The Morgan fingerprint density at radius 1 is 1.27 bits per heavy atom. The van der Waals surface area contributed by atoms with Crippen LogP contribution in [0.15, 0.2) is 24.4 Å². The van der Waals surface area contributed by atoms with Gasteiger partial charge in [-0.15, -0.1) is 0 Å². The average molecular weight is 355 g/mol. The van der Waals surface area contributed by atoms with Crippen LogP contribution >= 0.6 is 23.2 Å². The van der Waals surface area contributed by atoms with Crippen LogP contribution < -0.4 is 34.3 Å². The minimum atomic E-state index is 0. The Labute approximate surface area is 115 Å². The first-order valence-corrected chi connectivity index (χ1v) is 4.88. The smallest absolute Gasteiger partial charge is 0.294 e. The number of hydrogen-bond donors (Lipinski definition) is 1. The molecular formula is C10H9Cl2IN2. The number of hydrogen-bond acceptors (Lipinski definition) is 1. The molecule has 0 aliphatic rings. The predicted molar refractivity (Wildman–Crippen MR) is 59.6 cm³/mol. The Balaban J connectivity index is 0.00000112. The fourth-order valence-corrected chi connectivity index (χ4v) is 1.88. The molecule has 15 heavy (non-hydrogen) atoms. The summed E-state index contributed by atoms with van der Waals surface area (Å²) in [7, 11) is 1.84. The highest BCUT2D eigenvalue weighted by Crippen LogP contribution is 2.28. The zero-order valence-electron chi connectivity index (χ0n) is 7.97. The monoisotopic (exact) mass is 354 g/mol. The minimum Gasteiger partial charge on any atom is -1.00 e. The first-order valence-electron chi connectivity index (χ1n) is 4.12. The van der Waals surface area contributed by atoms with Crippen molar-refractivity contribution < 1.29 is 28.5 Å². The van der Waals surface area contributed by atoms with E-state index in [1.165, 1.54) is 0 Å². The van der Waals surface area contributed by atoms with Crippen LogP contribution in [0.1, 0.15) is 0 Å². The average Bonchev–Trinajstić information content (AvgIpc) is 2.14. The topological polar surface area (TPSA) is 29.9 Å². The fraction of sp³-hybridized carbons (Fsp3) is 0.100. The summed E-state index contributed by atoms with van der Waals surface area (Å²) in [6, 6.07) is 5.56. The Morgan fingerprint density at radius 2 is 1.93 bits per heavy atom. The van der Waals surface area contributed by atoms with Crippen molar-refractivity contribution in [3.63, 3.8) is 0 Å². The molecule has 1 aromatic heterocycles. The molecule has 2 rings (SSSR count). The summed E-state index contributed by atoms with van der Waals surface area (Å²) in [6.07, 6.45) is 1.90. The highest BCUT2D eigenvalue weighted by atomic mass is 127. The summed E-state index contributed by atoms with van der Waals surface area (Å²) in [5, 5.41) is 3.00. The number of nitrogens with zero attached hydrogens (tertiary/aromatic N) is 1. The van der Waals surface area contributed by atoms with Gasteiger partial charge in [0.25, 0.3) is 5.15 Å². The second-order valence-electron chi connectivity index (χ2n) is 3.19. The van der Waals surface area contributed by atoms with E-state index in [1.807, 2.05) is 31.4 Å². The van der Waals surface area contributed by atoms with Crippen LogP contribution in [0.5, 0.6) is 0 Å². The maximum atomic E-state index is 6.09. The van der Waals surface area contributed by atoms with Crippen molar-refractivity contribution in [2.75, 3.05) is 5.73 Å². The molecule has 0 spiro atoms. The molecule has 0 unspecified atom stereocenters. The highest BCUT2D eigenvalue weighted by Gasteiger charge is 2.13. The first kappa shape index (κ1) is 12.8. The van der Waals surface area contributed by atoms with Crippen molar-refractivity contribution in [1.82, 2.24) is 0 Å². The molecule has 2 nitrogen and oxygen atoms in total. The van der Waals surface area contributed by atoms with E-state index in [1.54, 1.807) is 4.57 Å². The van der Waals surface area contributed by atoms with Crippen molar-refractivity contribution in [3.8, 4) is 0 Å². The predicted octanol–water partition coefficient (Wildman–Crippen LogP) is -0.443. The lowest BCUT2D eigenvalue weighted by atomic mass is 10.1. The van der Waals surface area contributed by atoms with Gasteiger partial charge in [-0.05, 0) is 23.7 Å². The number of aromatic nitrogens is 1. The number of rotatable bonds is 0. The van der Waals surface area contributed by atoms with Gasteiger partial charge in [0, 0.05) is 16.5 Å². The molecule has 2 aromatic rings. The van der Waals surface area contributed by atoms with E-state index in [-0.39, 0.29) is 24.0 Å². The fourth-order valence-electron chi connectivity index (χ4n) is 1.42. The standard InChI is InChI=1S/C10H9Cl2N2.HI/c1-14-5-6-4-7(13)2-3-8(6)9(11)10(14)12;/h2-5H,13H2,1H3;1H/q+1;/p-1. The lowest BCUT2D eigenvalue weighted by Crippen LogP contribution is -3.00. The molecule has 0 bridgehead atoms. The van der Waals surface area contributed by atoms with Crippen molar-refractivity contribution >= 4 is 39.7 Å². The van der Waals surface area contributed by atoms with Gasteiger partial charge in [0.15, 0.2) is 6.20 Å². The molecule has 0 atom stereocenters. The number of pyridine rings is 1. The van der Waals surface area contributed by atoms with Crippen LogP contribution in [0.3, 0.4) is 0 Å². The van der Waals surface area contributed by atoms with Gasteiger partial charge in [-0.2, -0.15) is 4.57 Å². The summed E-state index contributed by atoms with van der Waals surface area (Å²) in [4.78, 5) is 0. The number of anilines is 1. The number of nitrogen functional groups attached to an aromatic ring is 1. The largest absolute Gasteiger partial charge is 1.00 e. The zero-order chi connectivity index (χ0) is 10.3. The van der Waals surface area contributed by atoms with Crippen LogP contribution in [-0.2, 0) is 7.05 Å². The maximum absolute atomic E-state index is 6.09. The Hall–Kier alpha value is -0.260. The third-order valence-corrected chi connectivity index (χ3v) is 3.07. The van der Waals surface area contributed by atoms with E-state index in [9.17, 15) is 0 Å². The van der Waals surface area contributed by atoms with Gasteiger partial charge in [-0.25, -0.2) is 0 Å². The molecule has 0 amide bonds. The van der Waals surface area contributed by atoms with Crippen LogP contribution in [0.4, 0.5) is 5.69 Å². The Kier molecular flexibility index (Phi) is 4.03. The Bertz CT molecular complexity index is 514. The summed E-state index contributed by atoms with van der Waals surface area (Å²) < 4.78 is 1.77. The molecule has 0 aliphatic carbocycles. The quantitative estimate of drug-likeness (QED) is 0.295. The van der Waals surface area contributed by atoms with Crippen molar-refractivity contribution in [2.24, 2.45) is 7.05 Å². The van der Waals surface area contributed by atoms with Gasteiger partial charge in [0.05, 0.1) is 0 Å². The van der Waals surface area contributed by atoms with E-state index in [4.69, 9.17) is 28.9 Å². The third-order valence-electron chi connectivity index (χ3n) is 2.14. The van der Waals surface area contributed by atoms with Crippen molar-refractivity contribution in [3.05, 3.63) is 34.6 Å². The van der Waals surface area contributed by atoms with Crippen molar-refractivity contribution in [1.29, 1.82) is 0 Å². The van der Waals surface area contributed by atoms with E-state index < -0.39 is 0 Å². The van der Waals surface area contributed by atoms with Gasteiger partial charge in [0.1, 0.15) is 12.1 Å². The van der Waals surface area contributed by atoms with Gasteiger partial charge >= 0.3 is 0 Å². The minimum absolute atomic E-state index is 0. The molecule has 5 heteroatoms. The van der Waals surface area contributed by atoms with Gasteiger partial charge in [-0.3, -0.25) is 0 Å². The molecule has 0 fully saturated rings. The molecule has 0 radical (unpaired) electrons. The first-order chi connectivity index (χ1) is 6.59. The highest BCUT2D eigenvalue weighted by molar-refractivity contribution is 6.43. The van der Waals surface area contributed by atoms with Crippen molar-refractivity contribution in [2.45, 2.75) is 0 Å². The van der Waals surface area contributed by atoms with Crippen LogP contribution in [-0.4, -0.2) is 0 Å². The molecule has 2 N–H and O–H groups in total. The van der Waals surface area contributed by atoms with Crippen LogP contribution in [0.25, 0.3) is 10.8 Å². The molecule has 80 valence electrons. The van der Waals surface area contributed by atoms with E-state index in [0.29, 0.717) is 10.2 Å². The SMILES string of the molecule is C[n+]1cc2cc(N)ccc2c(Cl)c1Cl.[I-]. The summed E-state index contributed by atoms with van der Waals surface area (Å²) >= 11 is 12.1. The van der Waals surface area contributed by atoms with E-state index in [0.717, 1.165) is 16.5 Å². The molecule has 0 aliphatic heterocycles. The number of fused-ring (bicyclic) bond motifs is 1. The summed E-state index contributed by atoms with van der Waals surface area (Å²) in [6.45, 7) is 0. The molecule has 1 heterocycles. The summed E-state index contributed by atoms with van der Waals surface area (Å²) in [5.74, 6) is 0. The lowest BCUT2D eigenvalue weighted by Gasteiger charge is -2.01. The molecule has 0 saturated carbocycles.